The fourth-order valence-corrected chi connectivity index (χ4v) is 6.50. The molecule has 0 fully saturated rings. The van der Waals surface area contributed by atoms with Gasteiger partial charge in [0.25, 0.3) is 11.1 Å². The molecular weight excluding hydrogens is 686 g/mol. The number of rotatable bonds is 11. The molecule has 2 aromatic heterocycles. The van der Waals surface area contributed by atoms with E-state index in [-0.39, 0.29) is 11.1 Å². The van der Waals surface area contributed by atoms with Crippen LogP contribution in [0.25, 0.3) is 46.1 Å². The average Bonchev–Trinajstić information content (AvgIpc) is 3.07. The van der Waals surface area contributed by atoms with E-state index in [0.717, 1.165) is 36.8 Å². The molecular formula is C38H30Cl4N4O2. The third kappa shape index (κ3) is 7.74. The predicted octanol–water partition coefficient (Wildman–Crippen LogP) is 10.3. The van der Waals surface area contributed by atoms with Gasteiger partial charge in [0.1, 0.15) is 11.6 Å². The third-order valence-electron chi connectivity index (χ3n) is 8.04. The zero-order valence-electron chi connectivity index (χ0n) is 25.8. The summed E-state index contributed by atoms with van der Waals surface area (Å²) in [6, 6.07) is 25.3. The summed E-state index contributed by atoms with van der Waals surface area (Å²) in [4.78, 5) is 36.7. The van der Waals surface area contributed by atoms with Gasteiger partial charge in [-0.25, -0.2) is 9.97 Å². The molecule has 0 unspecified atom stereocenters. The smallest absolute Gasteiger partial charge is 0.261 e. The second-order valence-electron chi connectivity index (χ2n) is 11.3. The monoisotopic (exact) mass is 714 g/mol. The van der Waals surface area contributed by atoms with Gasteiger partial charge in [0.05, 0.1) is 21.8 Å². The lowest BCUT2D eigenvalue weighted by Gasteiger charge is -2.13. The molecule has 2 heterocycles. The van der Waals surface area contributed by atoms with E-state index in [1.54, 1.807) is 45.5 Å². The Morgan fingerprint density at radius 3 is 1.35 bits per heavy atom. The van der Waals surface area contributed by atoms with Crippen LogP contribution in [-0.4, -0.2) is 19.1 Å². The van der Waals surface area contributed by atoms with E-state index in [4.69, 9.17) is 56.4 Å². The Morgan fingerprint density at radius 2 is 0.938 bits per heavy atom. The molecule has 4 aromatic carbocycles. The fraction of sp³-hybridized carbons (Fsp3) is 0.158. The summed E-state index contributed by atoms with van der Waals surface area (Å²) in [5, 5.41) is 3.28. The maximum absolute atomic E-state index is 13.5. The Kier molecular flexibility index (Phi) is 10.8. The number of fused-ring (bicyclic) bond motifs is 2. The van der Waals surface area contributed by atoms with Gasteiger partial charge >= 0.3 is 0 Å². The fourth-order valence-electron chi connectivity index (χ4n) is 5.55. The topological polar surface area (TPSA) is 69.8 Å². The van der Waals surface area contributed by atoms with Crippen molar-refractivity contribution in [3.05, 3.63) is 149 Å². The molecule has 0 aliphatic carbocycles. The molecule has 0 amide bonds. The highest BCUT2D eigenvalue weighted by Gasteiger charge is 2.11. The molecule has 6 nitrogen and oxygen atoms in total. The van der Waals surface area contributed by atoms with Gasteiger partial charge in [0.2, 0.25) is 0 Å². The summed E-state index contributed by atoms with van der Waals surface area (Å²) in [7, 11) is 0. The molecule has 0 atom stereocenters. The molecule has 0 N–H and O–H groups in total. The summed E-state index contributed by atoms with van der Waals surface area (Å²) >= 11 is 24.9. The highest BCUT2D eigenvalue weighted by molar-refractivity contribution is 6.36. The molecule has 6 aromatic rings. The van der Waals surface area contributed by atoms with Gasteiger partial charge in [0.15, 0.2) is 0 Å². The van der Waals surface area contributed by atoms with E-state index in [9.17, 15) is 9.59 Å². The number of halogens is 4. The number of benzene rings is 4. The normalized spacial score (nSPS) is 11.8. The zero-order chi connectivity index (χ0) is 33.6. The quantitative estimate of drug-likeness (QED) is 0.125. The van der Waals surface area contributed by atoms with E-state index >= 15 is 0 Å². The van der Waals surface area contributed by atoms with Crippen LogP contribution in [0.3, 0.4) is 0 Å². The second-order valence-corrected chi connectivity index (χ2v) is 13.0. The molecule has 48 heavy (non-hydrogen) atoms. The highest BCUT2D eigenvalue weighted by Crippen LogP contribution is 2.24. The number of para-hydroxylation sites is 2. The number of hydrogen-bond donors (Lipinski definition) is 0. The number of aromatic nitrogens is 4. The molecule has 0 aliphatic rings. The van der Waals surface area contributed by atoms with E-state index in [1.807, 2.05) is 72.8 Å². The Labute approximate surface area is 297 Å². The van der Waals surface area contributed by atoms with Gasteiger partial charge in [0, 0.05) is 33.2 Å². The van der Waals surface area contributed by atoms with Crippen LogP contribution in [0, 0.1) is 0 Å². The minimum Gasteiger partial charge on any atom is -0.293 e. The number of nitrogens with zero attached hydrogens (tertiary/aromatic N) is 4. The molecule has 0 radical (unpaired) electrons. The van der Waals surface area contributed by atoms with Crippen LogP contribution in [0.2, 0.25) is 20.1 Å². The van der Waals surface area contributed by atoms with Crippen molar-refractivity contribution in [1.29, 1.82) is 0 Å². The van der Waals surface area contributed by atoms with Crippen molar-refractivity contribution >= 4 is 92.5 Å². The van der Waals surface area contributed by atoms with Crippen molar-refractivity contribution in [2.24, 2.45) is 0 Å². The van der Waals surface area contributed by atoms with Crippen LogP contribution in [-0.2, 0) is 13.1 Å². The van der Waals surface area contributed by atoms with Crippen LogP contribution in [0.1, 0.15) is 48.5 Å². The van der Waals surface area contributed by atoms with Crippen LogP contribution < -0.4 is 11.1 Å². The lowest BCUT2D eigenvalue weighted by molar-refractivity contribution is 0.523. The minimum absolute atomic E-state index is 0.0894. The third-order valence-corrected chi connectivity index (χ3v) is 9.17. The van der Waals surface area contributed by atoms with Gasteiger partial charge < -0.3 is 0 Å². The van der Waals surface area contributed by atoms with Crippen LogP contribution in [0.15, 0.2) is 94.5 Å². The zero-order valence-corrected chi connectivity index (χ0v) is 28.8. The molecule has 0 saturated heterocycles. The number of unbranched alkanes of at least 4 members (excludes halogenated alkanes) is 3. The Bertz CT molecular complexity index is 2150. The Morgan fingerprint density at radius 1 is 0.521 bits per heavy atom. The van der Waals surface area contributed by atoms with Crippen molar-refractivity contribution in [3.63, 3.8) is 0 Å². The summed E-state index contributed by atoms with van der Waals surface area (Å²) < 4.78 is 3.43. The molecule has 0 aliphatic heterocycles. The van der Waals surface area contributed by atoms with Crippen LogP contribution >= 0.6 is 46.4 Å². The van der Waals surface area contributed by atoms with Crippen molar-refractivity contribution < 1.29 is 0 Å². The maximum Gasteiger partial charge on any atom is 0.261 e. The lowest BCUT2D eigenvalue weighted by Crippen LogP contribution is -2.24. The van der Waals surface area contributed by atoms with Gasteiger partial charge in [-0.3, -0.25) is 18.7 Å². The molecule has 0 saturated carbocycles. The van der Waals surface area contributed by atoms with Crippen molar-refractivity contribution in [2.45, 2.75) is 38.8 Å². The Hall–Kier alpha value is -4.20. The minimum atomic E-state index is -0.0894. The first-order valence-electron chi connectivity index (χ1n) is 15.5. The van der Waals surface area contributed by atoms with Crippen LogP contribution in [0.4, 0.5) is 0 Å². The second kappa shape index (κ2) is 15.3. The van der Waals surface area contributed by atoms with E-state index in [2.05, 4.69) is 0 Å². The summed E-state index contributed by atoms with van der Waals surface area (Å²) in [5.74, 6) is 1.10. The molecule has 242 valence electrons. The first kappa shape index (κ1) is 33.7. The predicted molar refractivity (Wildman–Crippen MR) is 201 cm³/mol. The van der Waals surface area contributed by atoms with E-state index < -0.39 is 0 Å². The van der Waals surface area contributed by atoms with Crippen LogP contribution in [0.5, 0.6) is 0 Å². The molecule has 0 bridgehead atoms. The summed E-state index contributed by atoms with van der Waals surface area (Å²) in [6.45, 7) is 0.996. The summed E-state index contributed by atoms with van der Waals surface area (Å²) in [5.41, 5.74) is 2.65. The van der Waals surface area contributed by atoms with Gasteiger partial charge in [-0.2, -0.15) is 0 Å². The first-order chi connectivity index (χ1) is 23.3. The number of hydrogen-bond acceptors (Lipinski definition) is 4. The average molecular weight is 716 g/mol. The van der Waals surface area contributed by atoms with Crippen molar-refractivity contribution in [2.75, 3.05) is 0 Å². The lowest BCUT2D eigenvalue weighted by atomic mass is 10.1. The largest absolute Gasteiger partial charge is 0.293 e. The van der Waals surface area contributed by atoms with Gasteiger partial charge in [-0.05, 0) is 96.8 Å². The first-order valence-corrected chi connectivity index (χ1v) is 17.0. The van der Waals surface area contributed by atoms with E-state index in [1.165, 1.54) is 0 Å². The molecule has 0 spiro atoms. The van der Waals surface area contributed by atoms with E-state index in [0.29, 0.717) is 66.6 Å². The molecule has 10 heteroatoms. The van der Waals surface area contributed by atoms with Gasteiger partial charge in [-0.15, -0.1) is 0 Å². The van der Waals surface area contributed by atoms with Crippen molar-refractivity contribution in [3.8, 4) is 0 Å². The Balaban J connectivity index is 1.17. The highest BCUT2D eigenvalue weighted by atomic mass is 35.5. The van der Waals surface area contributed by atoms with Crippen molar-refractivity contribution in [1.82, 2.24) is 19.1 Å². The SMILES string of the molecule is O=c1c2ccccc2nc(/C=C/c2ccc(Cl)cc2Cl)n1CCCCCCn1c(/C=C/c2ccc(Cl)cc2Cl)nc2ccccc2c1=O. The summed E-state index contributed by atoms with van der Waals surface area (Å²) in [6.07, 6.45) is 10.5. The molecule has 6 rings (SSSR count). The van der Waals surface area contributed by atoms with Gasteiger partial charge in [-0.1, -0.05) is 95.6 Å². The maximum atomic E-state index is 13.5. The standard InChI is InChI=1S/C38H30Cl4N4O2/c39-27-17-13-25(31(41)23-27)15-19-35-43-33-11-5-3-9-29(33)37(47)45(35)21-7-1-2-8-22-46-36(20-16-26-14-18-28(40)24-32(26)42)44-34-12-6-4-10-30(34)38(46)48/h3-6,9-20,23-24H,1-2,7-8,21-22H2/b19-15+,20-16+.